The lowest BCUT2D eigenvalue weighted by atomic mass is 10.1. The molecule has 0 aliphatic rings. The van der Waals surface area contributed by atoms with Gasteiger partial charge in [-0.2, -0.15) is 5.10 Å². The van der Waals surface area contributed by atoms with Crippen molar-refractivity contribution in [2.24, 2.45) is 7.05 Å². The van der Waals surface area contributed by atoms with Crippen molar-refractivity contribution in [1.82, 2.24) is 14.8 Å². The summed E-state index contributed by atoms with van der Waals surface area (Å²) in [5, 5.41) is 5.03. The van der Waals surface area contributed by atoms with Gasteiger partial charge in [-0.05, 0) is 29.8 Å². The van der Waals surface area contributed by atoms with Crippen molar-refractivity contribution >= 4 is 22.8 Å². The van der Waals surface area contributed by atoms with E-state index in [2.05, 4.69) is 10.1 Å². The van der Waals surface area contributed by atoms with Crippen LogP contribution in [0.5, 0.6) is 0 Å². The molecule has 0 bridgehead atoms. The molecule has 0 unspecified atom stereocenters. The van der Waals surface area contributed by atoms with Crippen molar-refractivity contribution in [3.63, 3.8) is 0 Å². The monoisotopic (exact) mass is 263 g/mol. The summed E-state index contributed by atoms with van der Waals surface area (Å²) in [6, 6.07) is 11.5. The molecule has 0 saturated heterocycles. The van der Waals surface area contributed by atoms with Gasteiger partial charge >= 0.3 is 0 Å². The van der Waals surface area contributed by atoms with Crippen LogP contribution in [0, 0.1) is 0 Å². The number of ketones is 1. The average Bonchev–Trinajstić information content (AvgIpc) is 2.91. The van der Waals surface area contributed by atoms with E-state index < -0.39 is 0 Å². The van der Waals surface area contributed by atoms with Crippen molar-refractivity contribution in [2.75, 3.05) is 0 Å². The Bertz CT molecular complexity index is 797. The van der Waals surface area contributed by atoms with Crippen LogP contribution in [0.1, 0.15) is 16.1 Å². The molecule has 4 heteroatoms. The van der Waals surface area contributed by atoms with E-state index in [0.717, 1.165) is 16.5 Å². The van der Waals surface area contributed by atoms with Gasteiger partial charge in [-0.1, -0.05) is 24.3 Å². The summed E-state index contributed by atoms with van der Waals surface area (Å²) in [4.78, 5) is 16.4. The maximum absolute atomic E-state index is 12.1. The van der Waals surface area contributed by atoms with Crippen molar-refractivity contribution < 1.29 is 4.79 Å². The fraction of sp³-hybridized carbons (Fsp3) is 0.0625. The van der Waals surface area contributed by atoms with E-state index in [9.17, 15) is 4.79 Å². The topological polar surface area (TPSA) is 47.8 Å². The molecule has 0 radical (unpaired) electrons. The number of hydrogen-bond donors (Lipinski definition) is 0. The number of carbonyl (C=O) groups excluding carboxylic acids is 1. The lowest BCUT2D eigenvalue weighted by Gasteiger charge is -2.01. The molecule has 4 nitrogen and oxygen atoms in total. The number of carbonyl (C=O) groups is 1. The maximum Gasteiger partial charge on any atom is 0.203 e. The number of aromatic nitrogens is 3. The van der Waals surface area contributed by atoms with Crippen LogP contribution in [-0.4, -0.2) is 20.5 Å². The Labute approximate surface area is 116 Å². The average molecular weight is 263 g/mol. The first kappa shape index (κ1) is 12.3. The van der Waals surface area contributed by atoms with Gasteiger partial charge in [0.25, 0.3) is 0 Å². The molecule has 0 spiro atoms. The van der Waals surface area contributed by atoms with Crippen LogP contribution in [0.25, 0.3) is 17.0 Å². The minimum Gasteiger partial charge on any atom is -0.288 e. The standard InChI is InChI=1S/C16H13N3O/c1-19-15(9-11-18-19)16(20)7-6-12-8-10-17-14-5-3-2-4-13(12)14/h2-11H,1H3/b7-6+. The van der Waals surface area contributed by atoms with Crippen LogP contribution in [0.2, 0.25) is 0 Å². The summed E-state index contributed by atoms with van der Waals surface area (Å²) in [6.45, 7) is 0. The Kier molecular flexibility index (Phi) is 3.13. The third-order valence-corrected chi connectivity index (χ3v) is 3.17. The Morgan fingerprint density at radius 1 is 1.15 bits per heavy atom. The molecule has 2 heterocycles. The van der Waals surface area contributed by atoms with Crippen molar-refractivity contribution in [3.8, 4) is 0 Å². The molecule has 3 aromatic rings. The van der Waals surface area contributed by atoms with Crippen LogP contribution in [0.3, 0.4) is 0 Å². The highest BCUT2D eigenvalue weighted by Crippen LogP contribution is 2.17. The van der Waals surface area contributed by atoms with Gasteiger partial charge in [0.15, 0.2) is 0 Å². The predicted octanol–water partition coefficient (Wildman–Crippen LogP) is 2.86. The number of hydrogen-bond acceptors (Lipinski definition) is 3. The summed E-state index contributed by atoms with van der Waals surface area (Å²) in [5.41, 5.74) is 2.47. The van der Waals surface area contributed by atoms with Crippen molar-refractivity contribution in [2.45, 2.75) is 0 Å². The quantitative estimate of drug-likeness (QED) is 0.539. The zero-order valence-corrected chi connectivity index (χ0v) is 11.0. The second kappa shape index (κ2) is 5.09. The van der Waals surface area contributed by atoms with Crippen LogP contribution < -0.4 is 0 Å². The second-order valence-electron chi connectivity index (χ2n) is 4.45. The largest absolute Gasteiger partial charge is 0.288 e. The normalized spacial score (nSPS) is 11.2. The number of benzene rings is 1. The molecule has 0 aliphatic carbocycles. The Balaban J connectivity index is 1.95. The molecule has 98 valence electrons. The van der Waals surface area contributed by atoms with E-state index >= 15 is 0 Å². The highest BCUT2D eigenvalue weighted by Gasteiger charge is 2.06. The van der Waals surface area contributed by atoms with E-state index in [1.807, 2.05) is 36.4 Å². The minimum absolute atomic E-state index is 0.0640. The molecule has 2 aromatic heterocycles. The van der Waals surface area contributed by atoms with Gasteiger partial charge in [0, 0.05) is 24.8 Å². The van der Waals surface area contributed by atoms with Gasteiger partial charge in [-0.3, -0.25) is 14.5 Å². The fourth-order valence-corrected chi connectivity index (χ4v) is 2.13. The van der Waals surface area contributed by atoms with Gasteiger partial charge in [0.05, 0.1) is 5.52 Å². The summed E-state index contributed by atoms with van der Waals surface area (Å²) < 4.78 is 1.57. The van der Waals surface area contributed by atoms with Gasteiger partial charge in [0.1, 0.15) is 5.69 Å². The summed E-state index contributed by atoms with van der Waals surface area (Å²) in [7, 11) is 1.75. The first-order valence-electron chi connectivity index (χ1n) is 6.30. The van der Waals surface area contributed by atoms with E-state index in [1.165, 1.54) is 0 Å². The summed E-state index contributed by atoms with van der Waals surface area (Å²) >= 11 is 0. The van der Waals surface area contributed by atoms with Crippen LogP contribution in [0.15, 0.2) is 54.9 Å². The molecule has 20 heavy (non-hydrogen) atoms. The predicted molar refractivity (Wildman–Crippen MR) is 78.3 cm³/mol. The highest BCUT2D eigenvalue weighted by atomic mass is 16.1. The molecule has 1 aromatic carbocycles. The van der Waals surface area contributed by atoms with E-state index in [0.29, 0.717) is 5.69 Å². The van der Waals surface area contributed by atoms with Gasteiger partial charge < -0.3 is 0 Å². The van der Waals surface area contributed by atoms with Crippen LogP contribution >= 0.6 is 0 Å². The zero-order valence-electron chi connectivity index (χ0n) is 11.0. The SMILES string of the molecule is Cn1nccc1C(=O)/C=C/c1ccnc2ccccc12. The molecule has 0 N–H and O–H groups in total. The number of nitrogens with zero attached hydrogens (tertiary/aromatic N) is 3. The van der Waals surface area contributed by atoms with E-state index in [1.54, 1.807) is 36.3 Å². The number of aryl methyl sites for hydroxylation is 1. The number of fused-ring (bicyclic) bond motifs is 1. The van der Waals surface area contributed by atoms with Crippen molar-refractivity contribution in [3.05, 3.63) is 66.1 Å². The summed E-state index contributed by atoms with van der Waals surface area (Å²) in [6.07, 6.45) is 6.75. The lowest BCUT2D eigenvalue weighted by molar-refractivity contribution is 0.103. The number of pyridine rings is 1. The lowest BCUT2D eigenvalue weighted by Crippen LogP contribution is -2.03. The first-order chi connectivity index (χ1) is 9.75. The van der Waals surface area contributed by atoms with Crippen LogP contribution in [0.4, 0.5) is 0 Å². The van der Waals surface area contributed by atoms with Crippen LogP contribution in [-0.2, 0) is 7.05 Å². The van der Waals surface area contributed by atoms with Gasteiger partial charge in [-0.25, -0.2) is 0 Å². The molecule has 0 aliphatic heterocycles. The molecular weight excluding hydrogens is 250 g/mol. The van der Waals surface area contributed by atoms with Gasteiger partial charge in [-0.15, -0.1) is 0 Å². The number of para-hydroxylation sites is 1. The first-order valence-corrected chi connectivity index (χ1v) is 6.30. The Hall–Kier alpha value is -2.75. The molecule has 3 rings (SSSR count). The number of allylic oxidation sites excluding steroid dienone is 1. The molecule has 0 fully saturated rings. The minimum atomic E-state index is -0.0640. The fourth-order valence-electron chi connectivity index (χ4n) is 2.13. The summed E-state index contributed by atoms with van der Waals surface area (Å²) in [5.74, 6) is -0.0640. The molecule has 0 atom stereocenters. The second-order valence-corrected chi connectivity index (χ2v) is 4.45. The third-order valence-electron chi connectivity index (χ3n) is 3.17. The molecular formula is C16H13N3O. The number of rotatable bonds is 3. The Morgan fingerprint density at radius 3 is 2.80 bits per heavy atom. The smallest absolute Gasteiger partial charge is 0.203 e. The third kappa shape index (κ3) is 2.23. The van der Waals surface area contributed by atoms with E-state index in [-0.39, 0.29) is 5.78 Å². The van der Waals surface area contributed by atoms with Gasteiger partial charge in [0.2, 0.25) is 5.78 Å². The maximum atomic E-state index is 12.1. The highest BCUT2D eigenvalue weighted by molar-refractivity contribution is 6.06. The molecule has 0 saturated carbocycles. The zero-order chi connectivity index (χ0) is 13.9. The van der Waals surface area contributed by atoms with Crippen molar-refractivity contribution in [1.29, 1.82) is 0 Å². The molecule has 0 amide bonds. The van der Waals surface area contributed by atoms with E-state index in [4.69, 9.17) is 0 Å². The Morgan fingerprint density at radius 2 is 2.00 bits per heavy atom.